The van der Waals surface area contributed by atoms with Gasteiger partial charge in [0, 0.05) is 10.9 Å². The number of aromatic amines is 1. The minimum absolute atomic E-state index is 0.209. The normalized spacial score (nSPS) is 12.0. The van der Waals surface area contributed by atoms with Crippen molar-refractivity contribution >= 4 is 28.3 Å². The summed E-state index contributed by atoms with van der Waals surface area (Å²) in [6.07, 6.45) is -4.39. The Balaban J connectivity index is 2.52. The molecule has 2 rings (SSSR count). The Kier molecular flexibility index (Phi) is 2.87. The fourth-order valence-electron chi connectivity index (χ4n) is 1.53. The number of nitrogens with one attached hydrogen (secondary N) is 1. The van der Waals surface area contributed by atoms with E-state index < -0.39 is 11.7 Å². The summed E-state index contributed by atoms with van der Waals surface area (Å²) in [5, 5.41) is 0.548. The van der Waals surface area contributed by atoms with Crippen LogP contribution in [0.3, 0.4) is 0 Å². The number of Topliss-reactive ketones (excluding diaryl/α,β-unsaturated/α-hetero) is 1. The first kappa shape index (κ1) is 12.0. The van der Waals surface area contributed by atoms with Gasteiger partial charge in [-0.05, 0) is 18.2 Å². The number of aromatic nitrogens is 1. The molecule has 0 aliphatic heterocycles. The van der Waals surface area contributed by atoms with Gasteiger partial charge in [-0.3, -0.25) is 4.79 Å². The van der Waals surface area contributed by atoms with Crippen LogP contribution in [0.1, 0.15) is 16.1 Å². The average molecular weight is 262 g/mol. The van der Waals surface area contributed by atoms with Crippen molar-refractivity contribution in [3.63, 3.8) is 0 Å². The number of H-pyrrole nitrogens is 1. The van der Waals surface area contributed by atoms with Crippen molar-refractivity contribution in [3.05, 3.63) is 35.5 Å². The third-order valence-corrected chi connectivity index (χ3v) is 2.61. The summed E-state index contributed by atoms with van der Waals surface area (Å²) >= 11 is 5.37. The van der Waals surface area contributed by atoms with E-state index in [1.54, 1.807) is 0 Å². The maximum Gasteiger partial charge on any atom is 0.416 e. The van der Waals surface area contributed by atoms with Gasteiger partial charge in [-0.25, -0.2) is 0 Å². The Bertz CT molecular complexity index is 574. The second-order valence-electron chi connectivity index (χ2n) is 3.54. The van der Waals surface area contributed by atoms with Crippen LogP contribution in [0, 0.1) is 0 Å². The van der Waals surface area contributed by atoms with Crippen LogP contribution >= 0.6 is 11.6 Å². The molecular formula is C11H7ClF3NO. The van der Waals surface area contributed by atoms with E-state index in [2.05, 4.69) is 4.98 Å². The topological polar surface area (TPSA) is 32.9 Å². The molecule has 1 aromatic heterocycles. The summed E-state index contributed by atoms with van der Waals surface area (Å²) in [6, 6.07) is 4.76. The van der Waals surface area contributed by atoms with Crippen molar-refractivity contribution in [1.29, 1.82) is 0 Å². The summed E-state index contributed by atoms with van der Waals surface area (Å²) in [5.41, 5.74) is -0.265. The zero-order valence-corrected chi connectivity index (χ0v) is 9.19. The van der Waals surface area contributed by atoms with E-state index in [1.165, 1.54) is 12.1 Å². The molecule has 0 unspecified atom stereocenters. The van der Waals surface area contributed by atoms with Crippen molar-refractivity contribution in [2.45, 2.75) is 6.18 Å². The lowest BCUT2D eigenvalue weighted by Gasteiger charge is -2.05. The molecule has 0 saturated carbocycles. The maximum absolute atomic E-state index is 12.4. The monoisotopic (exact) mass is 261 g/mol. The van der Waals surface area contributed by atoms with Crippen molar-refractivity contribution in [1.82, 2.24) is 4.98 Å². The number of hydrogen-bond donors (Lipinski definition) is 1. The molecule has 0 fully saturated rings. The van der Waals surface area contributed by atoms with Crippen LogP contribution in [0.15, 0.2) is 24.3 Å². The van der Waals surface area contributed by atoms with E-state index in [0.29, 0.717) is 5.39 Å². The minimum atomic E-state index is -4.39. The van der Waals surface area contributed by atoms with Gasteiger partial charge in [-0.2, -0.15) is 13.2 Å². The van der Waals surface area contributed by atoms with E-state index in [-0.39, 0.29) is 22.9 Å². The predicted molar refractivity (Wildman–Crippen MR) is 58.4 cm³/mol. The molecule has 0 atom stereocenters. The van der Waals surface area contributed by atoms with Crippen LogP contribution in [0.25, 0.3) is 10.9 Å². The van der Waals surface area contributed by atoms with E-state index in [1.807, 2.05) is 0 Å². The number of carbonyl (C=O) groups is 1. The van der Waals surface area contributed by atoms with Gasteiger partial charge in [0.2, 0.25) is 0 Å². The van der Waals surface area contributed by atoms with Gasteiger partial charge in [0.05, 0.1) is 17.1 Å². The smallest absolute Gasteiger partial charge is 0.352 e. The molecule has 0 amide bonds. The molecule has 0 aliphatic rings. The van der Waals surface area contributed by atoms with Crippen LogP contribution in [0.5, 0.6) is 0 Å². The molecule has 0 spiro atoms. The SMILES string of the molecule is O=C(CCl)c1cc2ccc(C(F)(F)F)cc2[nH]1. The molecule has 6 heteroatoms. The molecule has 1 heterocycles. The van der Waals surface area contributed by atoms with Gasteiger partial charge in [0.15, 0.2) is 5.78 Å². The van der Waals surface area contributed by atoms with Crippen LogP contribution in [-0.4, -0.2) is 16.6 Å². The lowest BCUT2D eigenvalue weighted by Crippen LogP contribution is -2.04. The Labute approximate surface area is 99.4 Å². The molecule has 0 radical (unpaired) electrons. The standard InChI is InChI=1S/C11H7ClF3NO/c12-5-10(17)9-3-6-1-2-7(11(13,14)15)4-8(6)16-9/h1-4,16H,5H2. The van der Waals surface area contributed by atoms with Crippen LogP contribution in [-0.2, 0) is 6.18 Å². The minimum Gasteiger partial charge on any atom is -0.352 e. The molecule has 1 aromatic carbocycles. The van der Waals surface area contributed by atoms with Crippen molar-refractivity contribution in [3.8, 4) is 0 Å². The van der Waals surface area contributed by atoms with Gasteiger partial charge >= 0.3 is 6.18 Å². The van der Waals surface area contributed by atoms with Gasteiger partial charge in [-0.15, -0.1) is 11.6 Å². The van der Waals surface area contributed by atoms with Gasteiger partial charge in [0.25, 0.3) is 0 Å². The molecular weight excluding hydrogens is 255 g/mol. The highest BCUT2D eigenvalue weighted by atomic mass is 35.5. The average Bonchev–Trinajstić information content (AvgIpc) is 2.69. The maximum atomic E-state index is 12.4. The molecule has 0 bridgehead atoms. The van der Waals surface area contributed by atoms with Crippen molar-refractivity contribution < 1.29 is 18.0 Å². The lowest BCUT2D eigenvalue weighted by molar-refractivity contribution is -0.137. The van der Waals surface area contributed by atoms with Crippen molar-refractivity contribution in [2.75, 3.05) is 5.88 Å². The number of alkyl halides is 4. The number of hydrogen-bond acceptors (Lipinski definition) is 1. The zero-order valence-electron chi connectivity index (χ0n) is 8.44. The molecule has 2 aromatic rings. The summed E-state index contributed by atoms with van der Waals surface area (Å²) in [7, 11) is 0. The fourth-order valence-corrected chi connectivity index (χ4v) is 1.67. The molecule has 90 valence electrons. The van der Waals surface area contributed by atoms with E-state index in [9.17, 15) is 18.0 Å². The largest absolute Gasteiger partial charge is 0.416 e. The van der Waals surface area contributed by atoms with E-state index in [0.717, 1.165) is 12.1 Å². The Morgan fingerprint density at radius 3 is 2.59 bits per heavy atom. The summed E-state index contributed by atoms with van der Waals surface area (Å²) in [6.45, 7) is 0. The van der Waals surface area contributed by atoms with E-state index in [4.69, 9.17) is 11.6 Å². The Morgan fingerprint density at radius 1 is 1.29 bits per heavy atom. The third kappa shape index (κ3) is 2.29. The zero-order chi connectivity index (χ0) is 12.6. The lowest BCUT2D eigenvalue weighted by atomic mass is 10.1. The first-order chi connectivity index (χ1) is 7.91. The predicted octanol–water partition coefficient (Wildman–Crippen LogP) is 3.61. The second kappa shape index (κ2) is 4.07. The molecule has 1 N–H and O–H groups in total. The first-order valence-electron chi connectivity index (χ1n) is 4.71. The number of halogens is 4. The second-order valence-corrected chi connectivity index (χ2v) is 3.81. The van der Waals surface area contributed by atoms with Gasteiger partial charge < -0.3 is 4.98 Å². The van der Waals surface area contributed by atoms with Gasteiger partial charge in [-0.1, -0.05) is 6.07 Å². The first-order valence-corrected chi connectivity index (χ1v) is 5.24. The van der Waals surface area contributed by atoms with Gasteiger partial charge in [0.1, 0.15) is 0 Å². The molecule has 0 aliphatic carbocycles. The highest BCUT2D eigenvalue weighted by Crippen LogP contribution is 2.31. The Morgan fingerprint density at radius 2 is 2.00 bits per heavy atom. The highest BCUT2D eigenvalue weighted by molar-refractivity contribution is 6.30. The van der Waals surface area contributed by atoms with E-state index >= 15 is 0 Å². The van der Waals surface area contributed by atoms with Crippen molar-refractivity contribution in [2.24, 2.45) is 0 Å². The number of ketones is 1. The van der Waals surface area contributed by atoms with Crippen LogP contribution in [0.2, 0.25) is 0 Å². The molecule has 0 saturated heterocycles. The highest BCUT2D eigenvalue weighted by Gasteiger charge is 2.30. The number of carbonyl (C=O) groups excluding carboxylic acids is 1. The number of rotatable bonds is 2. The summed E-state index contributed by atoms with van der Waals surface area (Å²) < 4.78 is 37.3. The number of fused-ring (bicyclic) bond motifs is 1. The molecule has 2 nitrogen and oxygen atoms in total. The fraction of sp³-hybridized carbons (Fsp3) is 0.182. The Hall–Kier alpha value is -1.49. The third-order valence-electron chi connectivity index (χ3n) is 2.37. The molecule has 17 heavy (non-hydrogen) atoms. The summed E-state index contributed by atoms with van der Waals surface area (Å²) in [4.78, 5) is 13.9. The van der Waals surface area contributed by atoms with Crippen LogP contribution in [0.4, 0.5) is 13.2 Å². The quantitative estimate of drug-likeness (QED) is 0.650. The number of benzene rings is 1. The van der Waals surface area contributed by atoms with Crippen LogP contribution < -0.4 is 0 Å². The summed E-state index contributed by atoms with van der Waals surface area (Å²) in [5.74, 6) is -0.560.